The second-order valence-corrected chi connectivity index (χ2v) is 7.83. The maximum atomic E-state index is 13.1. The van der Waals surface area contributed by atoms with E-state index in [9.17, 15) is 14.4 Å². The van der Waals surface area contributed by atoms with E-state index in [-0.39, 0.29) is 24.3 Å². The minimum atomic E-state index is -0.479. The van der Waals surface area contributed by atoms with E-state index in [4.69, 9.17) is 5.26 Å². The average molecular weight is 372 g/mol. The number of H-pyrrole nitrogens is 1. The lowest BCUT2D eigenvalue weighted by atomic mass is 10.2. The van der Waals surface area contributed by atoms with Gasteiger partial charge in [-0.2, -0.15) is 10.4 Å². The van der Waals surface area contributed by atoms with Gasteiger partial charge in [0.05, 0.1) is 23.5 Å². The van der Waals surface area contributed by atoms with Crippen LogP contribution in [0.25, 0.3) is 10.2 Å². The number of hydrogen-bond acceptors (Lipinski definition) is 6. The van der Waals surface area contributed by atoms with Crippen LogP contribution < -0.4 is 16.9 Å². The van der Waals surface area contributed by atoms with Gasteiger partial charge in [0.2, 0.25) is 0 Å². The first-order valence-corrected chi connectivity index (χ1v) is 8.95. The van der Waals surface area contributed by atoms with Crippen molar-refractivity contribution in [2.75, 3.05) is 0 Å². The molecular formula is C16H16N6O3S. The van der Waals surface area contributed by atoms with Crippen molar-refractivity contribution in [2.24, 2.45) is 0 Å². The van der Waals surface area contributed by atoms with Crippen LogP contribution in [0.5, 0.6) is 0 Å². The molecule has 0 radical (unpaired) electrons. The summed E-state index contributed by atoms with van der Waals surface area (Å²) in [4.78, 5) is 41.4. The van der Waals surface area contributed by atoms with E-state index in [1.54, 1.807) is 6.92 Å². The Labute approximate surface area is 150 Å². The standard InChI is InChI=1S/C16H16N6O3S/c1-9-10(7-21-14(24)18-8-19-21)26-13-11(9)12(23)22(16(2)3-4-16)15(25)20(13)6-5-17/h8H,3-4,6-7H2,1-2H3,(H,18,19,24). The van der Waals surface area contributed by atoms with E-state index in [0.29, 0.717) is 10.2 Å². The predicted octanol–water partition coefficient (Wildman–Crippen LogP) is 0.499. The van der Waals surface area contributed by atoms with Crippen molar-refractivity contribution in [1.29, 1.82) is 5.26 Å². The number of aromatic nitrogens is 5. The van der Waals surface area contributed by atoms with Gasteiger partial charge >= 0.3 is 11.4 Å². The molecule has 4 rings (SSSR count). The molecular weight excluding hydrogens is 356 g/mol. The van der Waals surface area contributed by atoms with Crippen LogP contribution in [0.4, 0.5) is 0 Å². The highest BCUT2D eigenvalue weighted by Gasteiger charge is 2.43. The van der Waals surface area contributed by atoms with Crippen molar-refractivity contribution < 1.29 is 0 Å². The van der Waals surface area contributed by atoms with Crippen molar-refractivity contribution in [3.05, 3.63) is 48.1 Å². The van der Waals surface area contributed by atoms with E-state index in [1.165, 1.54) is 31.5 Å². The Morgan fingerprint density at radius 3 is 2.69 bits per heavy atom. The van der Waals surface area contributed by atoms with Crippen LogP contribution in [0.1, 0.15) is 30.2 Å². The number of nitrogens with zero attached hydrogens (tertiary/aromatic N) is 5. The van der Waals surface area contributed by atoms with E-state index in [0.717, 1.165) is 23.3 Å². The lowest BCUT2D eigenvalue weighted by molar-refractivity contribution is 0.473. The lowest BCUT2D eigenvalue weighted by Gasteiger charge is -2.15. The first-order chi connectivity index (χ1) is 12.4. The fraction of sp³-hybridized carbons (Fsp3) is 0.438. The average Bonchev–Trinajstić information content (AvgIpc) is 3.05. The van der Waals surface area contributed by atoms with Crippen LogP contribution >= 0.6 is 11.3 Å². The number of fused-ring (bicyclic) bond motifs is 1. The molecule has 0 amide bonds. The van der Waals surface area contributed by atoms with Gasteiger partial charge in [-0.3, -0.25) is 18.9 Å². The second kappa shape index (κ2) is 5.54. The minimum Gasteiger partial charge on any atom is -0.295 e. The fourth-order valence-electron chi connectivity index (χ4n) is 3.16. The van der Waals surface area contributed by atoms with E-state index in [1.807, 2.05) is 13.0 Å². The summed E-state index contributed by atoms with van der Waals surface area (Å²) in [5.41, 5.74) is -0.885. The van der Waals surface area contributed by atoms with E-state index < -0.39 is 11.2 Å². The maximum Gasteiger partial charge on any atom is 0.343 e. The third kappa shape index (κ3) is 2.28. The molecule has 1 saturated carbocycles. The van der Waals surface area contributed by atoms with E-state index >= 15 is 0 Å². The van der Waals surface area contributed by atoms with Crippen LogP contribution in [-0.4, -0.2) is 23.9 Å². The predicted molar refractivity (Wildman–Crippen MR) is 95.5 cm³/mol. The van der Waals surface area contributed by atoms with Gasteiger partial charge in [0.1, 0.15) is 17.7 Å². The van der Waals surface area contributed by atoms with Crippen molar-refractivity contribution in [2.45, 2.75) is 45.3 Å². The Balaban J connectivity index is 2.02. The van der Waals surface area contributed by atoms with Crippen LogP contribution in [0, 0.1) is 18.3 Å². The normalized spacial score (nSPS) is 15.3. The molecule has 1 aliphatic carbocycles. The number of thiophene rings is 1. The molecule has 0 atom stereocenters. The van der Waals surface area contributed by atoms with Gasteiger partial charge in [-0.1, -0.05) is 0 Å². The van der Waals surface area contributed by atoms with Gasteiger partial charge in [-0.15, -0.1) is 11.3 Å². The summed E-state index contributed by atoms with van der Waals surface area (Å²) in [5, 5.41) is 13.5. The van der Waals surface area contributed by atoms with Crippen LogP contribution in [0.15, 0.2) is 20.7 Å². The van der Waals surface area contributed by atoms with Crippen molar-refractivity contribution >= 4 is 21.6 Å². The van der Waals surface area contributed by atoms with Crippen molar-refractivity contribution in [1.82, 2.24) is 23.9 Å². The van der Waals surface area contributed by atoms with Crippen molar-refractivity contribution in [3.8, 4) is 6.07 Å². The largest absolute Gasteiger partial charge is 0.343 e. The summed E-state index contributed by atoms with van der Waals surface area (Å²) in [6.07, 6.45) is 2.83. The van der Waals surface area contributed by atoms with Crippen molar-refractivity contribution in [3.63, 3.8) is 0 Å². The zero-order chi connectivity index (χ0) is 18.6. The SMILES string of the molecule is Cc1c(Cn2nc[nH]c2=O)sc2c1c(=O)n(C1(C)CC1)c(=O)n2CC#N. The monoisotopic (exact) mass is 372 g/mol. The zero-order valence-electron chi connectivity index (χ0n) is 14.3. The Morgan fingerprint density at radius 1 is 1.38 bits per heavy atom. The molecule has 0 aromatic carbocycles. The summed E-state index contributed by atoms with van der Waals surface area (Å²) in [6, 6.07) is 2.00. The summed E-state index contributed by atoms with van der Waals surface area (Å²) in [6.45, 7) is 3.75. The molecule has 26 heavy (non-hydrogen) atoms. The molecule has 0 unspecified atom stereocenters. The molecule has 1 N–H and O–H groups in total. The molecule has 0 saturated heterocycles. The molecule has 3 heterocycles. The number of nitrogens with one attached hydrogen (secondary N) is 1. The van der Waals surface area contributed by atoms with Gasteiger partial charge < -0.3 is 0 Å². The van der Waals surface area contributed by atoms with Gasteiger partial charge in [-0.25, -0.2) is 14.3 Å². The topological polar surface area (TPSA) is 118 Å². The highest BCUT2D eigenvalue weighted by atomic mass is 32.1. The molecule has 10 heteroatoms. The van der Waals surface area contributed by atoms with Crippen LogP contribution in [0.3, 0.4) is 0 Å². The maximum absolute atomic E-state index is 13.1. The number of hydrogen-bond donors (Lipinski definition) is 1. The number of aromatic amines is 1. The molecule has 1 fully saturated rings. The number of nitriles is 1. The molecule has 3 aromatic rings. The molecule has 3 aromatic heterocycles. The highest BCUT2D eigenvalue weighted by molar-refractivity contribution is 7.18. The first-order valence-electron chi connectivity index (χ1n) is 8.13. The molecule has 0 aliphatic heterocycles. The summed E-state index contributed by atoms with van der Waals surface area (Å²) >= 11 is 1.25. The fourth-order valence-corrected chi connectivity index (χ4v) is 4.43. The third-order valence-corrected chi connectivity index (χ3v) is 6.27. The van der Waals surface area contributed by atoms with Gasteiger partial charge in [0.25, 0.3) is 5.56 Å². The molecule has 0 spiro atoms. The highest BCUT2D eigenvalue weighted by Crippen LogP contribution is 2.41. The quantitative estimate of drug-likeness (QED) is 0.715. The summed E-state index contributed by atoms with van der Waals surface area (Å²) < 4.78 is 3.90. The Hall–Kier alpha value is -2.93. The smallest absolute Gasteiger partial charge is 0.295 e. The van der Waals surface area contributed by atoms with Gasteiger partial charge in [0.15, 0.2) is 0 Å². The Kier molecular flexibility index (Phi) is 3.52. The Morgan fingerprint density at radius 2 is 2.12 bits per heavy atom. The van der Waals surface area contributed by atoms with Crippen LogP contribution in [0.2, 0.25) is 0 Å². The summed E-state index contributed by atoms with van der Waals surface area (Å²) in [5.74, 6) is 0. The Bertz CT molecular complexity index is 1240. The molecule has 9 nitrogen and oxygen atoms in total. The molecule has 1 aliphatic rings. The number of rotatable bonds is 4. The second-order valence-electron chi connectivity index (χ2n) is 6.75. The first kappa shape index (κ1) is 16.5. The minimum absolute atomic E-state index is 0.132. The third-order valence-electron chi connectivity index (χ3n) is 4.97. The summed E-state index contributed by atoms with van der Waals surface area (Å²) in [7, 11) is 0. The van der Waals surface area contributed by atoms with Gasteiger partial charge in [-0.05, 0) is 32.3 Å². The van der Waals surface area contributed by atoms with E-state index in [2.05, 4.69) is 10.1 Å². The molecule has 0 bridgehead atoms. The molecule has 134 valence electrons. The lowest BCUT2D eigenvalue weighted by Crippen LogP contribution is -2.44. The van der Waals surface area contributed by atoms with Gasteiger partial charge in [0, 0.05) is 4.88 Å². The van der Waals surface area contributed by atoms with Crippen LogP contribution in [-0.2, 0) is 18.6 Å². The zero-order valence-corrected chi connectivity index (χ0v) is 15.1. The number of aryl methyl sites for hydroxylation is 1.